The largest absolute Gasteiger partial charge is 0.426 e. The van der Waals surface area contributed by atoms with Crippen LogP contribution >= 0.6 is 0 Å². The van der Waals surface area contributed by atoms with Gasteiger partial charge in [0.05, 0.1) is 13.2 Å². The molecule has 2 aliphatic heterocycles. The summed E-state index contributed by atoms with van der Waals surface area (Å²) >= 11 is 0. The maximum absolute atomic E-state index is 13.0. The lowest BCUT2D eigenvalue weighted by atomic mass is 10.0. The molecular formula is C20H20F6N4O. The van der Waals surface area contributed by atoms with Gasteiger partial charge in [0.15, 0.2) is 0 Å². The maximum atomic E-state index is 13.0. The standard InChI is InChI=1S/C20H20F6N4O/c21-19(22,23)17(27-28-17)15-5-1-13(2-6-15)9-11-31-12-10-14-3-7-16(8-4-14)18(29-30-18)20(24,25)26/h1-8,27-30H,9-12H2. The zero-order valence-corrected chi connectivity index (χ0v) is 16.1. The van der Waals surface area contributed by atoms with Crippen molar-refractivity contribution in [3.8, 4) is 0 Å². The molecule has 0 unspecified atom stereocenters. The van der Waals surface area contributed by atoms with E-state index in [1.54, 1.807) is 24.3 Å². The first-order chi connectivity index (χ1) is 14.6. The fourth-order valence-corrected chi connectivity index (χ4v) is 3.35. The van der Waals surface area contributed by atoms with E-state index in [1.165, 1.54) is 24.3 Å². The summed E-state index contributed by atoms with van der Waals surface area (Å²) in [7, 11) is 0. The number of nitrogens with one attached hydrogen (secondary N) is 4. The van der Waals surface area contributed by atoms with Crippen molar-refractivity contribution >= 4 is 0 Å². The Morgan fingerprint density at radius 2 is 0.903 bits per heavy atom. The number of hydrogen-bond acceptors (Lipinski definition) is 5. The van der Waals surface area contributed by atoms with Crippen molar-refractivity contribution in [3.63, 3.8) is 0 Å². The number of hydrazine groups is 2. The van der Waals surface area contributed by atoms with E-state index in [4.69, 9.17) is 4.74 Å². The molecule has 0 aromatic heterocycles. The molecule has 0 atom stereocenters. The van der Waals surface area contributed by atoms with Crippen LogP contribution in [-0.2, 0) is 28.9 Å². The van der Waals surface area contributed by atoms with Crippen LogP contribution in [0.15, 0.2) is 48.5 Å². The molecule has 0 amide bonds. The highest BCUT2D eigenvalue weighted by atomic mass is 19.4. The summed E-state index contributed by atoms with van der Waals surface area (Å²) in [5.41, 5.74) is 6.18. The van der Waals surface area contributed by atoms with Crippen LogP contribution in [0.5, 0.6) is 0 Å². The van der Waals surface area contributed by atoms with Crippen LogP contribution in [0.25, 0.3) is 0 Å². The Morgan fingerprint density at radius 1 is 0.581 bits per heavy atom. The van der Waals surface area contributed by atoms with Crippen LogP contribution in [0.4, 0.5) is 26.3 Å². The minimum atomic E-state index is -4.44. The Labute approximate surface area is 174 Å². The molecule has 2 heterocycles. The molecule has 0 spiro atoms. The lowest BCUT2D eigenvalue weighted by molar-refractivity contribution is -0.166. The molecule has 2 aromatic carbocycles. The van der Waals surface area contributed by atoms with Crippen molar-refractivity contribution in [2.75, 3.05) is 13.2 Å². The van der Waals surface area contributed by atoms with Crippen molar-refractivity contribution in [3.05, 3.63) is 70.8 Å². The van der Waals surface area contributed by atoms with Gasteiger partial charge in [-0.25, -0.2) is 21.7 Å². The highest BCUT2D eigenvalue weighted by molar-refractivity contribution is 5.34. The van der Waals surface area contributed by atoms with Crippen molar-refractivity contribution < 1.29 is 31.1 Å². The Morgan fingerprint density at radius 3 is 1.16 bits per heavy atom. The molecule has 2 aromatic rings. The maximum Gasteiger partial charge on any atom is 0.426 e. The van der Waals surface area contributed by atoms with Gasteiger partial charge in [0, 0.05) is 0 Å². The van der Waals surface area contributed by atoms with Gasteiger partial charge in [0.2, 0.25) is 11.3 Å². The third-order valence-electron chi connectivity index (χ3n) is 5.44. The molecular weight excluding hydrogens is 426 g/mol. The molecule has 11 heteroatoms. The number of halogens is 6. The van der Waals surface area contributed by atoms with Gasteiger partial charge in [-0.15, -0.1) is 0 Å². The molecule has 5 nitrogen and oxygen atoms in total. The molecule has 4 rings (SSSR count). The molecule has 0 radical (unpaired) electrons. The van der Waals surface area contributed by atoms with E-state index in [-0.39, 0.29) is 11.1 Å². The quantitative estimate of drug-likeness (QED) is 0.284. The summed E-state index contributed by atoms with van der Waals surface area (Å²) < 4.78 is 83.8. The molecule has 2 aliphatic rings. The highest BCUT2D eigenvalue weighted by Gasteiger charge is 2.66. The fourth-order valence-electron chi connectivity index (χ4n) is 3.35. The van der Waals surface area contributed by atoms with Gasteiger partial charge < -0.3 is 4.74 Å². The summed E-state index contributed by atoms with van der Waals surface area (Å²) in [5.74, 6) is 0. The minimum absolute atomic E-state index is 0.0945. The van der Waals surface area contributed by atoms with E-state index in [9.17, 15) is 26.3 Å². The van der Waals surface area contributed by atoms with Crippen LogP contribution in [0.1, 0.15) is 22.3 Å². The zero-order chi connectivity index (χ0) is 22.3. The van der Waals surface area contributed by atoms with Gasteiger partial charge in [0.25, 0.3) is 0 Å². The summed E-state index contributed by atoms with van der Waals surface area (Å²) in [5, 5.41) is 0. The molecule has 4 N–H and O–H groups in total. The fraction of sp³-hybridized carbons (Fsp3) is 0.400. The second kappa shape index (κ2) is 7.75. The van der Waals surface area contributed by atoms with Crippen LogP contribution < -0.4 is 21.7 Å². The van der Waals surface area contributed by atoms with E-state index in [1.807, 2.05) is 0 Å². The molecule has 0 aliphatic carbocycles. The average molecular weight is 446 g/mol. The second-order valence-corrected chi connectivity index (χ2v) is 7.50. The molecule has 0 saturated carbocycles. The summed E-state index contributed by atoms with van der Waals surface area (Å²) in [6.45, 7) is 0.757. The number of alkyl halides is 6. The van der Waals surface area contributed by atoms with Crippen LogP contribution in [-0.4, -0.2) is 25.6 Å². The van der Waals surface area contributed by atoms with E-state index >= 15 is 0 Å². The molecule has 0 bridgehead atoms. The van der Waals surface area contributed by atoms with Gasteiger partial charge in [-0.2, -0.15) is 26.3 Å². The third kappa shape index (κ3) is 4.28. The van der Waals surface area contributed by atoms with Gasteiger partial charge in [-0.05, 0) is 35.1 Å². The van der Waals surface area contributed by atoms with Crippen molar-refractivity contribution in [1.82, 2.24) is 21.7 Å². The van der Waals surface area contributed by atoms with Crippen LogP contribution in [0.3, 0.4) is 0 Å². The van der Waals surface area contributed by atoms with Crippen LogP contribution in [0.2, 0.25) is 0 Å². The number of hydrogen-bond donors (Lipinski definition) is 4. The van der Waals surface area contributed by atoms with Gasteiger partial charge >= 0.3 is 12.4 Å². The Balaban J connectivity index is 1.21. The van der Waals surface area contributed by atoms with E-state index in [2.05, 4.69) is 21.7 Å². The SMILES string of the molecule is FC(F)(F)C1(c2ccc(CCOCCc3ccc(C4(C(F)(F)F)NN4)cc3)cc2)NN1. The molecule has 2 fully saturated rings. The summed E-state index contributed by atoms with van der Waals surface area (Å²) in [6.07, 6.45) is -7.81. The Bertz CT molecular complexity index is 828. The van der Waals surface area contributed by atoms with Gasteiger partial charge in [-0.1, -0.05) is 48.5 Å². The lowest BCUT2D eigenvalue weighted by Gasteiger charge is -2.16. The summed E-state index contributed by atoms with van der Waals surface area (Å²) in [4.78, 5) is 0. The first kappa shape index (κ1) is 22.0. The minimum Gasteiger partial charge on any atom is -0.381 e. The second-order valence-electron chi connectivity index (χ2n) is 7.50. The highest BCUT2D eigenvalue weighted by Crippen LogP contribution is 2.43. The zero-order valence-electron chi connectivity index (χ0n) is 16.1. The monoisotopic (exact) mass is 446 g/mol. The normalized spacial score (nSPS) is 19.3. The average Bonchev–Trinajstić information content (AvgIpc) is 3.61. The Hall–Kier alpha value is -2.18. The Kier molecular flexibility index (Phi) is 5.51. The lowest BCUT2D eigenvalue weighted by Crippen LogP contribution is -2.34. The topological polar surface area (TPSA) is 97.0 Å². The van der Waals surface area contributed by atoms with Crippen molar-refractivity contribution in [1.29, 1.82) is 0 Å². The first-order valence-corrected chi connectivity index (χ1v) is 9.56. The molecule has 168 valence electrons. The van der Waals surface area contributed by atoms with Gasteiger partial charge in [0.1, 0.15) is 0 Å². The molecule has 31 heavy (non-hydrogen) atoms. The number of rotatable bonds is 8. The van der Waals surface area contributed by atoms with E-state index in [0.717, 1.165) is 11.1 Å². The smallest absolute Gasteiger partial charge is 0.381 e. The molecule has 2 saturated heterocycles. The third-order valence-corrected chi connectivity index (χ3v) is 5.44. The van der Waals surface area contributed by atoms with Crippen molar-refractivity contribution in [2.24, 2.45) is 0 Å². The van der Waals surface area contributed by atoms with Crippen molar-refractivity contribution in [2.45, 2.75) is 36.5 Å². The predicted molar refractivity (Wildman–Crippen MR) is 99.1 cm³/mol. The van der Waals surface area contributed by atoms with E-state index < -0.39 is 23.7 Å². The summed E-state index contributed by atoms with van der Waals surface area (Å²) in [6, 6.07) is 12.2. The van der Waals surface area contributed by atoms with Gasteiger partial charge in [-0.3, -0.25) is 0 Å². The van der Waals surface area contributed by atoms with Crippen LogP contribution in [0, 0.1) is 0 Å². The first-order valence-electron chi connectivity index (χ1n) is 9.56. The predicted octanol–water partition coefficient (Wildman–Crippen LogP) is 3.13. The number of benzene rings is 2. The number of ether oxygens (including phenoxy) is 1. The van der Waals surface area contributed by atoms with E-state index in [0.29, 0.717) is 26.1 Å².